The standard InChI is InChI=1S/C26H36Cl2N6O2S/c1-18-15-22(27)30-24(28)23(18)25(35)29-9-5-19(2)32-12-6-21(7-13-32)34(16-20-8-14-37-17-20)26(36)31-33-10-3-4-11-33/h8,14-15,17,19,21H,3-7,9-13,16H2,1-2H3,(H,29,35)(H,31,36)/t19-/m1/s1. The van der Waals surface area contributed by atoms with E-state index >= 15 is 0 Å². The summed E-state index contributed by atoms with van der Waals surface area (Å²) >= 11 is 13.7. The largest absolute Gasteiger partial charge is 0.352 e. The lowest BCUT2D eigenvalue weighted by molar-refractivity contribution is 0.0840. The van der Waals surface area contributed by atoms with Gasteiger partial charge in [0.1, 0.15) is 10.3 Å². The number of hydrogen-bond donors (Lipinski definition) is 2. The number of nitrogens with zero attached hydrogens (tertiary/aromatic N) is 4. The van der Waals surface area contributed by atoms with Gasteiger partial charge < -0.3 is 15.1 Å². The molecule has 0 spiro atoms. The van der Waals surface area contributed by atoms with Gasteiger partial charge in [-0.2, -0.15) is 11.3 Å². The third-order valence-corrected chi connectivity index (χ3v) is 8.53. The quantitative estimate of drug-likeness (QED) is 0.419. The molecule has 2 aliphatic rings. The molecule has 0 bridgehead atoms. The van der Waals surface area contributed by atoms with Crippen LogP contribution in [0.5, 0.6) is 0 Å². The molecular formula is C26H36Cl2N6O2S. The fourth-order valence-electron chi connectivity index (χ4n) is 5.15. The second-order valence-electron chi connectivity index (χ2n) is 9.96. The Hall–Kier alpha value is -1.91. The number of carbonyl (C=O) groups excluding carboxylic acids is 2. The number of rotatable bonds is 9. The monoisotopic (exact) mass is 566 g/mol. The smallest absolute Gasteiger partial charge is 0.332 e. The van der Waals surface area contributed by atoms with E-state index in [4.69, 9.17) is 23.2 Å². The first-order valence-corrected chi connectivity index (χ1v) is 14.7. The number of urea groups is 1. The Morgan fingerprint density at radius 3 is 2.59 bits per heavy atom. The van der Waals surface area contributed by atoms with Crippen LogP contribution in [0.4, 0.5) is 4.79 Å². The van der Waals surface area contributed by atoms with Crippen molar-refractivity contribution in [3.63, 3.8) is 0 Å². The molecule has 202 valence electrons. The van der Waals surface area contributed by atoms with Gasteiger partial charge in [-0.05, 0) is 80.0 Å². The number of hydrazine groups is 1. The molecule has 0 aromatic carbocycles. The Bertz CT molecular complexity index is 1030. The molecule has 4 rings (SSSR count). The summed E-state index contributed by atoms with van der Waals surface area (Å²) in [6.45, 7) is 8.85. The molecule has 37 heavy (non-hydrogen) atoms. The minimum Gasteiger partial charge on any atom is -0.352 e. The van der Waals surface area contributed by atoms with Gasteiger partial charge in [-0.15, -0.1) is 0 Å². The summed E-state index contributed by atoms with van der Waals surface area (Å²) in [5.74, 6) is -0.231. The van der Waals surface area contributed by atoms with Crippen molar-refractivity contribution in [2.75, 3.05) is 32.7 Å². The third-order valence-electron chi connectivity index (χ3n) is 7.33. The molecule has 2 aliphatic heterocycles. The molecule has 2 N–H and O–H groups in total. The van der Waals surface area contributed by atoms with E-state index < -0.39 is 0 Å². The van der Waals surface area contributed by atoms with Crippen LogP contribution in [0.2, 0.25) is 10.3 Å². The summed E-state index contributed by atoms with van der Waals surface area (Å²) in [6, 6.07) is 4.26. The molecule has 8 nitrogen and oxygen atoms in total. The fourth-order valence-corrected chi connectivity index (χ4v) is 6.42. The summed E-state index contributed by atoms with van der Waals surface area (Å²) < 4.78 is 0. The number of halogens is 2. The first-order chi connectivity index (χ1) is 17.8. The maximum atomic E-state index is 13.2. The van der Waals surface area contributed by atoms with Crippen LogP contribution < -0.4 is 10.7 Å². The molecule has 0 aliphatic carbocycles. The molecule has 2 saturated heterocycles. The maximum Gasteiger partial charge on any atom is 0.332 e. The van der Waals surface area contributed by atoms with Crippen LogP contribution >= 0.6 is 34.5 Å². The van der Waals surface area contributed by atoms with Crippen LogP contribution in [0.1, 0.15) is 60.5 Å². The lowest BCUT2D eigenvalue weighted by atomic mass is 10.0. The fraction of sp³-hybridized carbons (Fsp3) is 0.577. The highest BCUT2D eigenvalue weighted by molar-refractivity contribution is 7.07. The highest BCUT2D eigenvalue weighted by Crippen LogP contribution is 2.23. The number of piperidine rings is 1. The molecule has 11 heteroatoms. The molecule has 0 radical (unpaired) electrons. The number of pyridine rings is 1. The topological polar surface area (TPSA) is 80.8 Å². The van der Waals surface area contributed by atoms with Gasteiger partial charge in [-0.1, -0.05) is 23.2 Å². The van der Waals surface area contributed by atoms with Crippen molar-refractivity contribution < 1.29 is 9.59 Å². The van der Waals surface area contributed by atoms with E-state index in [9.17, 15) is 9.59 Å². The predicted molar refractivity (Wildman–Crippen MR) is 149 cm³/mol. The van der Waals surface area contributed by atoms with Crippen LogP contribution in [0.3, 0.4) is 0 Å². The number of aromatic nitrogens is 1. The second-order valence-corrected chi connectivity index (χ2v) is 11.5. The van der Waals surface area contributed by atoms with Crippen molar-refractivity contribution in [3.05, 3.63) is 49.9 Å². The minimum atomic E-state index is -0.231. The van der Waals surface area contributed by atoms with Crippen molar-refractivity contribution in [2.24, 2.45) is 0 Å². The summed E-state index contributed by atoms with van der Waals surface area (Å²) in [4.78, 5) is 34.3. The summed E-state index contributed by atoms with van der Waals surface area (Å²) in [6.07, 6.45) is 4.94. The highest BCUT2D eigenvalue weighted by atomic mass is 35.5. The average molecular weight is 568 g/mol. The van der Waals surface area contributed by atoms with Crippen molar-refractivity contribution in [2.45, 2.75) is 64.6 Å². The van der Waals surface area contributed by atoms with Gasteiger partial charge in [0, 0.05) is 51.4 Å². The van der Waals surface area contributed by atoms with Crippen LogP contribution in [0.25, 0.3) is 0 Å². The van der Waals surface area contributed by atoms with E-state index in [2.05, 4.69) is 44.4 Å². The van der Waals surface area contributed by atoms with Crippen LogP contribution in [0, 0.1) is 6.92 Å². The normalized spacial score (nSPS) is 18.1. The van der Waals surface area contributed by atoms with Crippen molar-refractivity contribution in [1.82, 2.24) is 30.5 Å². The summed E-state index contributed by atoms with van der Waals surface area (Å²) in [5, 5.41) is 9.60. The molecule has 2 aromatic heterocycles. The summed E-state index contributed by atoms with van der Waals surface area (Å²) in [7, 11) is 0. The predicted octanol–water partition coefficient (Wildman–Crippen LogP) is 4.95. The molecular weight excluding hydrogens is 531 g/mol. The van der Waals surface area contributed by atoms with Gasteiger partial charge in [0.15, 0.2) is 0 Å². The van der Waals surface area contributed by atoms with Gasteiger partial charge >= 0.3 is 6.03 Å². The minimum absolute atomic E-state index is 0.00737. The van der Waals surface area contributed by atoms with E-state index in [0.717, 1.165) is 58.3 Å². The van der Waals surface area contributed by atoms with Crippen molar-refractivity contribution in [3.8, 4) is 0 Å². The van der Waals surface area contributed by atoms with Gasteiger partial charge in [0.25, 0.3) is 5.91 Å². The van der Waals surface area contributed by atoms with Crippen LogP contribution in [0.15, 0.2) is 22.9 Å². The maximum absolute atomic E-state index is 13.2. The number of hydrogen-bond acceptors (Lipinski definition) is 6. The Balaban J connectivity index is 1.27. The molecule has 2 fully saturated rings. The SMILES string of the molecule is Cc1cc(Cl)nc(Cl)c1C(=O)NCC[C@@H](C)N1CCC(N(Cc2ccsc2)C(=O)NN2CCCC2)CC1. The number of aryl methyl sites for hydroxylation is 1. The lowest BCUT2D eigenvalue weighted by Gasteiger charge is -2.41. The number of nitrogens with one attached hydrogen (secondary N) is 2. The molecule has 2 aromatic rings. The third kappa shape index (κ3) is 7.57. The van der Waals surface area contributed by atoms with E-state index in [1.54, 1.807) is 24.3 Å². The van der Waals surface area contributed by atoms with Crippen molar-refractivity contribution in [1.29, 1.82) is 0 Å². The lowest BCUT2D eigenvalue weighted by Crippen LogP contribution is -2.54. The van der Waals surface area contributed by atoms with E-state index in [1.165, 1.54) is 5.56 Å². The Morgan fingerprint density at radius 1 is 1.22 bits per heavy atom. The van der Waals surface area contributed by atoms with Gasteiger partial charge in [0.05, 0.1) is 5.56 Å². The first kappa shape index (κ1) is 28.1. The Kier molecular flexibility index (Phi) is 10.1. The van der Waals surface area contributed by atoms with Crippen LogP contribution in [-0.4, -0.2) is 76.5 Å². The zero-order valence-corrected chi connectivity index (χ0v) is 23.8. The highest BCUT2D eigenvalue weighted by Gasteiger charge is 2.31. The molecule has 3 amide bonds. The summed E-state index contributed by atoms with van der Waals surface area (Å²) in [5.41, 5.74) is 5.39. The first-order valence-electron chi connectivity index (χ1n) is 13.0. The van der Waals surface area contributed by atoms with E-state index in [0.29, 0.717) is 30.3 Å². The van der Waals surface area contributed by atoms with Crippen molar-refractivity contribution >= 4 is 46.5 Å². The number of carbonyl (C=O) groups is 2. The number of amides is 3. The molecule has 0 saturated carbocycles. The molecule has 0 unspecified atom stereocenters. The Labute approximate surface area is 233 Å². The van der Waals surface area contributed by atoms with E-state index in [-0.39, 0.29) is 28.3 Å². The van der Waals surface area contributed by atoms with Gasteiger partial charge in [0.2, 0.25) is 0 Å². The van der Waals surface area contributed by atoms with Crippen LogP contribution in [-0.2, 0) is 6.54 Å². The zero-order valence-electron chi connectivity index (χ0n) is 21.5. The average Bonchev–Trinajstić information content (AvgIpc) is 3.56. The van der Waals surface area contributed by atoms with Gasteiger partial charge in [-0.25, -0.2) is 14.8 Å². The Morgan fingerprint density at radius 2 is 1.95 bits per heavy atom. The number of likely N-dealkylation sites (tertiary alicyclic amines) is 1. The number of thiophene rings is 1. The van der Waals surface area contributed by atoms with Gasteiger partial charge in [-0.3, -0.25) is 10.2 Å². The molecule has 1 atom stereocenters. The van der Waals surface area contributed by atoms with E-state index in [1.807, 2.05) is 9.91 Å². The zero-order chi connectivity index (χ0) is 26.4. The molecule has 4 heterocycles. The second kappa shape index (κ2) is 13.2.